The number of unbranched alkanes of at least 4 members (excludes halogenated alkanes) is 1. The number of ether oxygens (including phenoxy) is 1. The van der Waals surface area contributed by atoms with Crippen molar-refractivity contribution in [2.45, 2.75) is 72.5 Å². The van der Waals surface area contributed by atoms with Gasteiger partial charge in [-0.15, -0.1) is 0 Å². The van der Waals surface area contributed by atoms with Crippen molar-refractivity contribution < 1.29 is 4.74 Å². The predicted molar refractivity (Wildman–Crippen MR) is 68.1 cm³/mol. The zero-order valence-electron chi connectivity index (χ0n) is 11.3. The molecule has 0 aliphatic heterocycles. The van der Waals surface area contributed by atoms with Crippen molar-refractivity contribution in [2.24, 2.45) is 5.92 Å². The Labute approximate surface area is 95.9 Å². The van der Waals surface area contributed by atoms with E-state index in [1.165, 1.54) is 12.8 Å². The Hall–Kier alpha value is -0.300. The largest absolute Gasteiger partial charge is 0.373 e. The molecule has 0 aliphatic rings. The fourth-order valence-electron chi connectivity index (χ4n) is 1.55. The number of allylic oxidation sites excluding steroid dienone is 2. The molecule has 0 aromatic heterocycles. The van der Waals surface area contributed by atoms with E-state index in [1.54, 1.807) is 0 Å². The molecule has 0 rings (SSSR count). The Kier molecular flexibility index (Phi) is 6.91. The Bertz CT molecular complexity index is 174. The lowest BCUT2D eigenvalue weighted by atomic mass is 10.1. The monoisotopic (exact) mass is 212 g/mol. The summed E-state index contributed by atoms with van der Waals surface area (Å²) in [6, 6.07) is 0. The lowest BCUT2D eigenvalue weighted by molar-refractivity contribution is -0.0546. The topological polar surface area (TPSA) is 9.23 Å². The first kappa shape index (κ1) is 14.7. The molecular formula is C14H28O. The van der Waals surface area contributed by atoms with Crippen LogP contribution in [0.25, 0.3) is 0 Å². The van der Waals surface area contributed by atoms with Crippen LogP contribution in [0.3, 0.4) is 0 Å². The van der Waals surface area contributed by atoms with Crippen molar-refractivity contribution in [3.63, 3.8) is 0 Å². The van der Waals surface area contributed by atoms with Crippen molar-refractivity contribution in [1.29, 1.82) is 0 Å². The lowest BCUT2D eigenvalue weighted by Gasteiger charge is -2.24. The smallest absolute Gasteiger partial charge is 0.0602 e. The molecular weight excluding hydrogens is 184 g/mol. The second kappa shape index (κ2) is 7.05. The Morgan fingerprint density at radius 3 is 2.20 bits per heavy atom. The van der Waals surface area contributed by atoms with E-state index in [0.717, 1.165) is 6.42 Å². The molecule has 0 aliphatic carbocycles. The molecule has 0 aromatic carbocycles. The van der Waals surface area contributed by atoms with Crippen LogP contribution in [0, 0.1) is 5.92 Å². The molecule has 1 nitrogen and oxygen atoms in total. The fraction of sp³-hybridized carbons (Fsp3) is 0.857. The van der Waals surface area contributed by atoms with Gasteiger partial charge in [0.2, 0.25) is 0 Å². The molecule has 0 aromatic rings. The SMILES string of the molecule is CC(C)/C=C/CCC[C@H](C)OC(C)(C)C. The molecule has 0 fully saturated rings. The maximum atomic E-state index is 5.84. The van der Waals surface area contributed by atoms with Crippen molar-refractivity contribution in [2.75, 3.05) is 0 Å². The van der Waals surface area contributed by atoms with Crippen LogP contribution in [0.1, 0.15) is 60.8 Å². The summed E-state index contributed by atoms with van der Waals surface area (Å²) in [5.74, 6) is 0.674. The van der Waals surface area contributed by atoms with Gasteiger partial charge < -0.3 is 4.74 Å². The van der Waals surface area contributed by atoms with Gasteiger partial charge in [-0.25, -0.2) is 0 Å². The molecule has 0 N–H and O–H groups in total. The summed E-state index contributed by atoms with van der Waals surface area (Å²) in [6.45, 7) is 12.9. The molecule has 0 amide bonds. The second-order valence-corrected chi connectivity index (χ2v) is 5.64. The minimum Gasteiger partial charge on any atom is -0.373 e. The first-order valence-electron chi connectivity index (χ1n) is 6.16. The number of rotatable bonds is 6. The van der Waals surface area contributed by atoms with Crippen LogP contribution in [0.5, 0.6) is 0 Å². The average molecular weight is 212 g/mol. The van der Waals surface area contributed by atoms with Crippen molar-refractivity contribution in [1.82, 2.24) is 0 Å². The van der Waals surface area contributed by atoms with Gasteiger partial charge in [0.15, 0.2) is 0 Å². The summed E-state index contributed by atoms with van der Waals surface area (Å²) >= 11 is 0. The van der Waals surface area contributed by atoms with E-state index in [1.807, 2.05) is 0 Å². The average Bonchev–Trinajstić information content (AvgIpc) is 1.99. The molecule has 1 heteroatoms. The van der Waals surface area contributed by atoms with E-state index in [0.29, 0.717) is 12.0 Å². The van der Waals surface area contributed by atoms with Gasteiger partial charge >= 0.3 is 0 Å². The highest BCUT2D eigenvalue weighted by Crippen LogP contribution is 2.14. The van der Waals surface area contributed by atoms with Gasteiger partial charge in [-0.3, -0.25) is 0 Å². The number of hydrogen-bond acceptors (Lipinski definition) is 1. The van der Waals surface area contributed by atoms with E-state index in [9.17, 15) is 0 Å². The standard InChI is InChI=1S/C14H28O/c1-12(2)10-8-7-9-11-13(3)15-14(4,5)6/h8,10,12-13H,7,9,11H2,1-6H3/b10-8+/t13-/m0/s1. The van der Waals surface area contributed by atoms with E-state index in [2.05, 4.69) is 53.7 Å². The third-order valence-electron chi connectivity index (χ3n) is 2.06. The molecule has 0 spiro atoms. The van der Waals surface area contributed by atoms with E-state index in [-0.39, 0.29) is 5.60 Å². The highest BCUT2D eigenvalue weighted by Gasteiger charge is 2.14. The number of hydrogen-bond donors (Lipinski definition) is 0. The molecule has 0 unspecified atom stereocenters. The highest BCUT2D eigenvalue weighted by molar-refractivity contribution is 4.84. The molecule has 1 atom stereocenters. The Morgan fingerprint density at radius 1 is 1.13 bits per heavy atom. The Balaban J connectivity index is 3.51. The van der Waals surface area contributed by atoms with Gasteiger partial charge in [-0.1, -0.05) is 26.0 Å². The molecule has 0 saturated heterocycles. The fourth-order valence-corrected chi connectivity index (χ4v) is 1.55. The van der Waals surface area contributed by atoms with Crippen LogP contribution in [0.4, 0.5) is 0 Å². The molecule has 0 radical (unpaired) electrons. The summed E-state index contributed by atoms with van der Waals surface area (Å²) in [5.41, 5.74) is -0.00676. The third-order valence-corrected chi connectivity index (χ3v) is 2.06. The van der Waals surface area contributed by atoms with Gasteiger partial charge in [0.05, 0.1) is 11.7 Å². The van der Waals surface area contributed by atoms with Gasteiger partial charge in [0.25, 0.3) is 0 Å². The van der Waals surface area contributed by atoms with Gasteiger partial charge in [0.1, 0.15) is 0 Å². The molecule has 15 heavy (non-hydrogen) atoms. The van der Waals surface area contributed by atoms with Gasteiger partial charge in [-0.2, -0.15) is 0 Å². The molecule has 0 saturated carbocycles. The van der Waals surface area contributed by atoms with Crippen molar-refractivity contribution in [3.8, 4) is 0 Å². The maximum absolute atomic E-state index is 5.84. The normalized spacial score (nSPS) is 15.1. The third kappa shape index (κ3) is 11.6. The van der Waals surface area contributed by atoms with Crippen LogP contribution in [0.2, 0.25) is 0 Å². The van der Waals surface area contributed by atoms with E-state index < -0.39 is 0 Å². The maximum Gasteiger partial charge on any atom is 0.0602 e. The summed E-state index contributed by atoms with van der Waals surface area (Å²) in [6.07, 6.45) is 8.48. The van der Waals surface area contributed by atoms with E-state index in [4.69, 9.17) is 4.74 Å². The lowest BCUT2D eigenvalue weighted by Crippen LogP contribution is -2.25. The van der Waals surface area contributed by atoms with Crippen LogP contribution in [-0.2, 0) is 4.74 Å². The predicted octanol–water partition coefficient (Wildman–Crippen LogP) is 4.57. The van der Waals surface area contributed by atoms with Crippen LogP contribution in [0.15, 0.2) is 12.2 Å². The summed E-state index contributed by atoms with van der Waals surface area (Å²) in [4.78, 5) is 0. The highest BCUT2D eigenvalue weighted by atomic mass is 16.5. The van der Waals surface area contributed by atoms with Gasteiger partial charge in [0, 0.05) is 0 Å². The zero-order chi connectivity index (χ0) is 11.9. The summed E-state index contributed by atoms with van der Waals surface area (Å²) in [7, 11) is 0. The van der Waals surface area contributed by atoms with Crippen molar-refractivity contribution >= 4 is 0 Å². The molecule has 0 bridgehead atoms. The van der Waals surface area contributed by atoms with Crippen LogP contribution < -0.4 is 0 Å². The first-order valence-corrected chi connectivity index (χ1v) is 6.16. The van der Waals surface area contributed by atoms with E-state index >= 15 is 0 Å². The first-order chi connectivity index (χ1) is 6.81. The molecule has 90 valence electrons. The summed E-state index contributed by atoms with van der Waals surface area (Å²) < 4.78 is 5.84. The Morgan fingerprint density at radius 2 is 1.73 bits per heavy atom. The molecule has 0 heterocycles. The zero-order valence-corrected chi connectivity index (χ0v) is 11.3. The van der Waals surface area contributed by atoms with Crippen LogP contribution >= 0.6 is 0 Å². The minimum absolute atomic E-state index is 0.00676. The second-order valence-electron chi connectivity index (χ2n) is 5.64. The summed E-state index contributed by atoms with van der Waals surface area (Å²) in [5, 5.41) is 0. The minimum atomic E-state index is -0.00676. The quantitative estimate of drug-likeness (QED) is 0.463. The van der Waals surface area contributed by atoms with Crippen molar-refractivity contribution in [3.05, 3.63) is 12.2 Å². The van der Waals surface area contributed by atoms with Gasteiger partial charge in [-0.05, 0) is 52.9 Å². The van der Waals surface area contributed by atoms with Crippen LogP contribution in [-0.4, -0.2) is 11.7 Å².